The Morgan fingerprint density at radius 1 is 1.18 bits per heavy atom. The zero-order valence-corrected chi connectivity index (χ0v) is 9.47. The predicted octanol–water partition coefficient (Wildman–Crippen LogP) is 3.39. The van der Waals surface area contributed by atoms with Crippen LogP contribution in [0.3, 0.4) is 0 Å². The Labute approximate surface area is 98.9 Å². The molecule has 0 aliphatic heterocycles. The average Bonchev–Trinajstić information content (AvgIpc) is 2.74. The van der Waals surface area contributed by atoms with Crippen LogP contribution in [0.5, 0.6) is 0 Å². The van der Waals surface area contributed by atoms with Crippen LogP contribution in [0.1, 0.15) is 5.56 Å². The molecule has 0 radical (unpaired) electrons. The van der Waals surface area contributed by atoms with Gasteiger partial charge in [0.1, 0.15) is 11.3 Å². The summed E-state index contributed by atoms with van der Waals surface area (Å²) in [4.78, 5) is 4.26. The Morgan fingerprint density at radius 3 is 2.82 bits per heavy atom. The maximum atomic E-state index is 5.82. The Morgan fingerprint density at radius 2 is 2.06 bits per heavy atom. The molecule has 0 aliphatic carbocycles. The fraction of sp³-hybridized carbons (Fsp3) is 0.0714. The number of rotatable bonds is 1. The number of furan rings is 1. The van der Waals surface area contributed by atoms with E-state index in [1.54, 1.807) is 12.3 Å². The van der Waals surface area contributed by atoms with E-state index in [0.717, 1.165) is 28.0 Å². The smallest absolute Gasteiger partial charge is 0.153 e. The van der Waals surface area contributed by atoms with Crippen molar-refractivity contribution in [2.75, 3.05) is 5.73 Å². The Bertz CT molecular complexity index is 686. The molecule has 1 aromatic carbocycles. The van der Waals surface area contributed by atoms with Crippen LogP contribution in [0.15, 0.2) is 47.0 Å². The highest BCUT2D eigenvalue weighted by molar-refractivity contribution is 5.84. The van der Waals surface area contributed by atoms with Crippen molar-refractivity contribution >= 4 is 16.7 Å². The van der Waals surface area contributed by atoms with Crippen LogP contribution in [0.2, 0.25) is 0 Å². The van der Waals surface area contributed by atoms with Crippen LogP contribution in [-0.2, 0) is 0 Å². The lowest BCUT2D eigenvalue weighted by Crippen LogP contribution is -1.86. The Balaban J connectivity index is 2.22. The lowest BCUT2D eigenvalue weighted by Gasteiger charge is -1.96. The molecule has 17 heavy (non-hydrogen) atoms. The first-order chi connectivity index (χ1) is 8.24. The third kappa shape index (κ3) is 1.65. The number of anilines is 1. The van der Waals surface area contributed by atoms with Crippen LogP contribution in [0, 0.1) is 6.92 Å². The summed E-state index contributed by atoms with van der Waals surface area (Å²) in [6, 6.07) is 11.6. The number of pyridine rings is 1. The molecule has 3 heteroatoms. The highest BCUT2D eigenvalue weighted by Gasteiger charge is 2.08. The summed E-state index contributed by atoms with van der Waals surface area (Å²) in [7, 11) is 0. The van der Waals surface area contributed by atoms with E-state index in [-0.39, 0.29) is 0 Å². The van der Waals surface area contributed by atoms with E-state index >= 15 is 0 Å². The first kappa shape index (κ1) is 9.90. The van der Waals surface area contributed by atoms with Gasteiger partial charge in [0.05, 0.1) is 0 Å². The maximum Gasteiger partial charge on any atom is 0.153 e. The maximum absolute atomic E-state index is 5.82. The standard InChI is InChI=1S/C14H12N2O/c1-9-3-2-4-10-7-13(17-14(9)10)12-8-11(15)5-6-16-12/h2-8H,1H3,(H2,15,16). The van der Waals surface area contributed by atoms with Gasteiger partial charge in [0, 0.05) is 17.3 Å². The van der Waals surface area contributed by atoms with Gasteiger partial charge in [0.15, 0.2) is 5.76 Å². The van der Waals surface area contributed by atoms with Crippen molar-refractivity contribution in [2.45, 2.75) is 6.92 Å². The minimum Gasteiger partial charge on any atom is -0.454 e. The SMILES string of the molecule is Cc1cccc2cc(-c3cc(N)ccn3)oc12. The van der Waals surface area contributed by atoms with Crippen molar-refractivity contribution in [1.82, 2.24) is 4.98 Å². The normalized spacial score (nSPS) is 10.9. The predicted molar refractivity (Wildman–Crippen MR) is 68.6 cm³/mol. The second-order valence-electron chi connectivity index (χ2n) is 4.08. The molecule has 3 nitrogen and oxygen atoms in total. The summed E-state index contributed by atoms with van der Waals surface area (Å²) < 4.78 is 5.82. The number of nitrogens with two attached hydrogens (primary N) is 1. The van der Waals surface area contributed by atoms with Crippen molar-refractivity contribution in [3.8, 4) is 11.5 Å². The van der Waals surface area contributed by atoms with Crippen molar-refractivity contribution < 1.29 is 4.42 Å². The molecule has 3 aromatic rings. The Kier molecular flexibility index (Phi) is 2.11. The molecular weight excluding hydrogens is 212 g/mol. The van der Waals surface area contributed by atoms with E-state index in [0.29, 0.717) is 5.69 Å². The first-order valence-electron chi connectivity index (χ1n) is 5.45. The van der Waals surface area contributed by atoms with E-state index in [4.69, 9.17) is 10.2 Å². The molecular formula is C14H12N2O. The number of aromatic nitrogens is 1. The van der Waals surface area contributed by atoms with Crippen LogP contribution in [0.25, 0.3) is 22.4 Å². The topological polar surface area (TPSA) is 52.0 Å². The fourth-order valence-electron chi connectivity index (χ4n) is 1.92. The lowest BCUT2D eigenvalue weighted by atomic mass is 10.2. The molecule has 0 unspecified atom stereocenters. The van der Waals surface area contributed by atoms with Crippen molar-refractivity contribution in [1.29, 1.82) is 0 Å². The molecule has 0 saturated carbocycles. The molecule has 2 N–H and O–H groups in total. The number of aryl methyl sites for hydroxylation is 1. The number of nitrogen functional groups attached to an aromatic ring is 1. The van der Waals surface area contributed by atoms with E-state index in [9.17, 15) is 0 Å². The molecule has 3 rings (SSSR count). The van der Waals surface area contributed by atoms with E-state index in [1.807, 2.05) is 37.3 Å². The van der Waals surface area contributed by atoms with E-state index in [1.165, 1.54) is 0 Å². The zero-order valence-electron chi connectivity index (χ0n) is 9.47. The van der Waals surface area contributed by atoms with Gasteiger partial charge in [0.25, 0.3) is 0 Å². The molecule has 0 amide bonds. The van der Waals surface area contributed by atoms with Crippen LogP contribution in [-0.4, -0.2) is 4.98 Å². The molecule has 0 bridgehead atoms. The van der Waals surface area contributed by atoms with Gasteiger partial charge >= 0.3 is 0 Å². The van der Waals surface area contributed by atoms with Gasteiger partial charge in [-0.1, -0.05) is 18.2 Å². The zero-order chi connectivity index (χ0) is 11.8. The Hall–Kier alpha value is -2.29. The average molecular weight is 224 g/mol. The van der Waals surface area contributed by atoms with Crippen molar-refractivity contribution in [3.63, 3.8) is 0 Å². The van der Waals surface area contributed by atoms with Crippen molar-refractivity contribution in [3.05, 3.63) is 48.2 Å². The number of benzene rings is 1. The summed E-state index contributed by atoms with van der Waals surface area (Å²) in [5, 5.41) is 1.09. The summed E-state index contributed by atoms with van der Waals surface area (Å²) in [6.45, 7) is 2.03. The third-order valence-electron chi connectivity index (χ3n) is 2.78. The number of hydrogen-bond donors (Lipinski definition) is 1. The summed E-state index contributed by atoms with van der Waals surface area (Å²) in [6.07, 6.45) is 1.69. The van der Waals surface area contributed by atoms with E-state index < -0.39 is 0 Å². The number of para-hydroxylation sites is 1. The molecule has 84 valence electrons. The second-order valence-corrected chi connectivity index (χ2v) is 4.08. The number of fused-ring (bicyclic) bond motifs is 1. The lowest BCUT2D eigenvalue weighted by molar-refractivity contribution is 0.626. The quantitative estimate of drug-likeness (QED) is 0.689. The van der Waals surface area contributed by atoms with Gasteiger partial charge in [-0.2, -0.15) is 0 Å². The minimum absolute atomic E-state index is 0.687. The van der Waals surface area contributed by atoms with Crippen molar-refractivity contribution in [2.24, 2.45) is 0 Å². The summed E-state index contributed by atoms with van der Waals surface area (Å²) >= 11 is 0. The molecule has 0 aliphatic rings. The largest absolute Gasteiger partial charge is 0.454 e. The number of nitrogens with zero attached hydrogens (tertiary/aromatic N) is 1. The molecule has 2 heterocycles. The fourth-order valence-corrected chi connectivity index (χ4v) is 1.92. The van der Waals surface area contributed by atoms with Crippen LogP contribution in [0.4, 0.5) is 5.69 Å². The van der Waals surface area contributed by atoms with Crippen LogP contribution >= 0.6 is 0 Å². The summed E-state index contributed by atoms with van der Waals surface area (Å²) in [5.41, 5.74) is 9.22. The van der Waals surface area contributed by atoms with Gasteiger partial charge < -0.3 is 10.2 Å². The summed E-state index contributed by atoms with van der Waals surface area (Å²) in [5.74, 6) is 0.751. The first-order valence-corrected chi connectivity index (χ1v) is 5.45. The third-order valence-corrected chi connectivity index (χ3v) is 2.78. The molecule has 0 fully saturated rings. The van der Waals surface area contributed by atoms with Gasteiger partial charge in [-0.05, 0) is 30.7 Å². The number of hydrogen-bond acceptors (Lipinski definition) is 3. The minimum atomic E-state index is 0.687. The van der Waals surface area contributed by atoms with Gasteiger partial charge in [-0.3, -0.25) is 4.98 Å². The molecule has 0 spiro atoms. The van der Waals surface area contributed by atoms with Gasteiger partial charge in [-0.25, -0.2) is 0 Å². The van der Waals surface area contributed by atoms with Crippen LogP contribution < -0.4 is 5.73 Å². The second kappa shape index (κ2) is 3.63. The molecule has 0 atom stereocenters. The molecule has 2 aromatic heterocycles. The van der Waals surface area contributed by atoms with E-state index in [2.05, 4.69) is 4.98 Å². The molecule has 0 saturated heterocycles. The highest BCUT2D eigenvalue weighted by atomic mass is 16.3. The van der Waals surface area contributed by atoms with Gasteiger partial charge in [-0.15, -0.1) is 0 Å². The monoisotopic (exact) mass is 224 g/mol. The van der Waals surface area contributed by atoms with Gasteiger partial charge in [0.2, 0.25) is 0 Å². The highest BCUT2D eigenvalue weighted by Crippen LogP contribution is 2.28.